The summed E-state index contributed by atoms with van der Waals surface area (Å²) in [6.07, 6.45) is 5.79. The Morgan fingerprint density at radius 2 is 2.00 bits per heavy atom. The van der Waals surface area contributed by atoms with Crippen LogP contribution >= 0.6 is 11.3 Å². The van der Waals surface area contributed by atoms with E-state index in [0.29, 0.717) is 46.3 Å². The van der Waals surface area contributed by atoms with Crippen LogP contribution in [0, 0.1) is 0 Å². The molecule has 1 saturated carbocycles. The van der Waals surface area contributed by atoms with Gasteiger partial charge in [-0.05, 0) is 66.3 Å². The fraction of sp³-hybridized carbons (Fsp3) is 0.250. The summed E-state index contributed by atoms with van der Waals surface area (Å²) in [4.78, 5) is 23.7. The van der Waals surface area contributed by atoms with E-state index in [1.165, 1.54) is 16.9 Å². The molecule has 3 heterocycles. The first-order valence-corrected chi connectivity index (χ1v) is 12.9. The van der Waals surface area contributed by atoms with Gasteiger partial charge in [-0.1, -0.05) is 12.1 Å². The number of nitrogens with zero attached hydrogens (tertiary/aromatic N) is 3. The highest BCUT2D eigenvalue weighted by Gasteiger charge is 2.29. The molecule has 0 atom stereocenters. The topological polar surface area (TPSA) is 89.3 Å². The molecule has 5 aromatic rings. The molecular weight excluding hydrogens is 472 g/mol. The quantitative estimate of drug-likeness (QED) is 0.291. The number of aromatic nitrogens is 3. The molecule has 1 aliphatic carbocycles. The molecule has 1 fully saturated rings. The maximum absolute atomic E-state index is 14.0. The highest BCUT2D eigenvalue weighted by atomic mass is 32.1. The maximum Gasteiger partial charge on any atom is 0.263 e. The van der Waals surface area contributed by atoms with Crippen molar-refractivity contribution in [3.8, 4) is 22.9 Å². The summed E-state index contributed by atoms with van der Waals surface area (Å²) in [5.74, 6) is 2.09. The zero-order chi connectivity index (χ0) is 24.6. The maximum atomic E-state index is 14.0. The molecule has 182 valence electrons. The molecule has 0 aliphatic heterocycles. The second-order valence-corrected chi connectivity index (χ2v) is 10.1. The standard InChI is InChI=1S/C28H26N4O3S/c1-35-19-7-8-20(22(15-19)18-5-6-18)26-31-27-24(21-3-2-4-23(33)25(21)36-27)28(34)32(26)14-13-30-16-17-9-11-29-12-10-17/h2-4,7-12,15,18,30,33H,5-6,13-14,16H2,1H3. The Hall–Kier alpha value is -3.75. The van der Waals surface area contributed by atoms with Crippen LogP contribution in [0.15, 0.2) is 65.7 Å². The van der Waals surface area contributed by atoms with Gasteiger partial charge in [-0.15, -0.1) is 11.3 Å². The van der Waals surface area contributed by atoms with E-state index in [2.05, 4.69) is 16.4 Å². The lowest BCUT2D eigenvalue weighted by molar-refractivity contribution is 0.414. The molecular formula is C28H26N4O3S. The van der Waals surface area contributed by atoms with Gasteiger partial charge in [-0.2, -0.15) is 0 Å². The molecule has 3 aromatic heterocycles. The van der Waals surface area contributed by atoms with Crippen molar-refractivity contribution in [2.75, 3.05) is 13.7 Å². The molecule has 2 N–H and O–H groups in total. The van der Waals surface area contributed by atoms with Crippen molar-refractivity contribution in [1.82, 2.24) is 19.9 Å². The smallest absolute Gasteiger partial charge is 0.263 e. The number of fused-ring (bicyclic) bond motifs is 3. The molecule has 6 rings (SSSR count). The number of pyridine rings is 1. The minimum Gasteiger partial charge on any atom is -0.506 e. The summed E-state index contributed by atoms with van der Waals surface area (Å²) < 4.78 is 7.97. The zero-order valence-electron chi connectivity index (χ0n) is 19.9. The van der Waals surface area contributed by atoms with Crippen LogP contribution in [0.4, 0.5) is 0 Å². The number of rotatable bonds is 8. The number of aromatic hydroxyl groups is 1. The van der Waals surface area contributed by atoms with Crippen LogP contribution in [0.3, 0.4) is 0 Å². The largest absolute Gasteiger partial charge is 0.506 e. The van der Waals surface area contributed by atoms with Crippen molar-refractivity contribution >= 4 is 31.6 Å². The van der Waals surface area contributed by atoms with E-state index < -0.39 is 0 Å². The Morgan fingerprint density at radius 3 is 2.78 bits per heavy atom. The summed E-state index contributed by atoms with van der Waals surface area (Å²) in [6, 6.07) is 15.3. The van der Waals surface area contributed by atoms with E-state index in [9.17, 15) is 9.90 Å². The Kier molecular flexibility index (Phi) is 5.91. The number of phenolic OH excluding ortho intramolecular Hbond substituents is 1. The van der Waals surface area contributed by atoms with Crippen LogP contribution in [-0.4, -0.2) is 33.3 Å². The van der Waals surface area contributed by atoms with Crippen LogP contribution in [0.2, 0.25) is 0 Å². The van der Waals surface area contributed by atoms with Crippen molar-refractivity contribution in [2.45, 2.75) is 31.8 Å². The van der Waals surface area contributed by atoms with Gasteiger partial charge in [0.1, 0.15) is 22.2 Å². The van der Waals surface area contributed by atoms with E-state index in [1.54, 1.807) is 36.2 Å². The zero-order valence-corrected chi connectivity index (χ0v) is 20.7. The van der Waals surface area contributed by atoms with Crippen molar-refractivity contribution in [2.24, 2.45) is 0 Å². The summed E-state index contributed by atoms with van der Waals surface area (Å²) >= 11 is 1.36. The number of methoxy groups -OCH3 is 1. The molecule has 0 radical (unpaired) electrons. The Bertz CT molecular complexity index is 1620. The third-order valence-electron chi connectivity index (χ3n) is 6.71. The lowest BCUT2D eigenvalue weighted by atomic mass is 10.0. The molecule has 0 bridgehead atoms. The van der Waals surface area contributed by atoms with Crippen LogP contribution in [0.1, 0.15) is 29.9 Å². The summed E-state index contributed by atoms with van der Waals surface area (Å²) in [5.41, 5.74) is 3.18. The Labute approximate surface area is 212 Å². The predicted octanol–water partition coefficient (Wildman–Crippen LogP) is 5.05. The fourth-order valence-corrected chi connectivity index (χ4v) is 5.78. The molecule has 0 unspecified atom stereocenters. The van der Waals surface area contributed by atoms with Crippen LogP contribution in [-0.2, 0) is 13.1 Å². The minimum absolute atomic E-state index is 0.0878. The fourth-order valence-electron chi connectivity index (χ4n) is 4.71. The number of hydrogen-bond acceptors (Lipinski definition) is 7. The number of hydrogen-bond donors (Lipinski definition) is 2. The first-order chi connectivity index (χ1) is 17.6. The average Bonchev–Trinajstić information content (AvgIpc) is 3.68. The first-order valence-electron chi connectivity index (χ1n) is 12.1. The molecule has 8 heteroatoms. The number of benzene rings is 2. The Morgan fingerprint density at radius 1 is 1.17 bits per heavy atom. The van der Waals surface area contributed by atoms with Gasteiger partial charge in [0.15, 0.2) is 0 Å². The second-order valence-electron chi connectivity index (χ2n) is 9.09. The van der Waals surface area contributed by atoms with Gasteiger partial charge in [0.05, 0.1) is 17.2 Å². The monoisotopic (exact) mass is 498 g/mol. The van der Waals surface area contributed by atoms with E-state index in [-0.39, 0.29) is 11.3 Å². The third kappa shape index (κ3) is 4.12. The van der Waals surface area contributed by atoms with E-state index in [0.717, 1.165) is 35.1 Å². The van der Waals surface area contributed by atoms with Gasteiger partial charge in [0, 0.05) is 43.0 Å². The van der Waals surface area contributed by atoms with Gasteiger partial charge >= 0.3 is 0 Å². The normalized spacial score (nSPS) is 13.5. The van der Waals surface area contributed by atoms with Gasteiger partial charge in [0.25, 0.3) is 5.56 Å². The highest BCUT2D eigenvalue weighted by molar-refractivity contribution is 7.25. The second kappa shape index (κ2) is 9.37. The summed E-state index contributed by atoms with van der Waals surface area (Å²) in [7, 11) is 1.67. The van der Waals surface area contributed by atoms with E-state index in [4.69, 9.17) is 9.72 Å². The van der Waals surface area contributed by atoms with E-state index >= 15 is 0 Å². The van der Waals surface area contributed by atoms with Gasteiger partial charge < -0.3 is 15.2 Å². The van der Waals surface area contributed by atoms with Crippen LogP contribution in [0.5, 0.6) is 11.5 Å². The molecule has 0 saturated heterocycles. The molecule has 7 nitrogen and oxygen atoms in total. The SMILES string of the molecule is COc1ccc(-c2nc3sc4c(O)cccc4c3c(=O)n2CCNCc2ccncc2)c(C2CC2)c1. The molecule has 0 spiro atoms. The third-order valence-corrected chi connectivity index (χ3v) is 7.83. The lowest BCUT2D eigenvalue weighted by Crippen LogP contribution is -2.29. The van der Waals surface area contributed by atoms with Gasteiger partial charge in [0.2, 0.25) is 0 Å². The van der Waals surface area contributed by atoms with Crippen molar-refractivity contribution < 1.29 is 9.84 Å². The molecule has 2 aromatic carbocycles. The number of phenols is 1. The van der Waals surface area contributed by atoms with Crippen LogP contribution in [0.25, 0.3) is 31.7 Å². The average molecular weight is 499 g/mol. The summed E-state index contributed by atoms with van der Waals surface area (Å²) in [5, 5.41) is 15.2. The number of thiophene rings is 1. The first kappa shape index (κ1) is 22.7. The summed E-state index contributed by atoms with van der Waals surface area (Å²) in [6.45, 7) is 1.76. The Balaban J connectivity index is 1.47. The van der Waals surface area contributed by atoms with Crippen molar-refractivity contribution in [3.63, 3.8) is 0 Å². The molecule has 1 aliphatic rings. The lowest BCUT2D eigenvalue weighted by Gasteiger charge is -2.17. The number of ether oxygens (including phenoxy) is 1. The van der Waals surface area contributed by atoms with E-state index in [1.807, 2.05) is 30.3 Å². The van der Waals surface area contributed by atoms with Gasteiger partial charge in [-0.25, -0.2) is 4.98 Å². The molecule has 0 amide bonds. The predicted molar refractivity (Wildman–Crippen MR) is 143 cm³/mol. The van der Waals surface area contributed by atoms with Crippen LogP contribution < -0.4 is 15.6 Å². The minimum atomic E-state index is -0.0878. The van der Waals surface area contributed by atoms with Gasteiger partial charge in [-0.3, -0.25) is 14.3 Å². The van der Waals surface area contributed by atoms with Crippen molar-refractivity contribution in [3.05, 3.63) is 82.4 Å². The van der Waals surface area contributed by atoms with Crippen molar-refractivity contribution in [1.29, 1.82) is 0 Å². The molecule has 36 heavy (non-hydrogen) atoms. The number of nitrogens with one attached hydrogen (secondary N) is 1. The highest BCUT2D eigenvalue weighted by Crippen LogP contribution is 2.46.